The number of para-hydroxylation sites is 1. The average molecular weight is 559 g/mol. The van der Waals surface area contributed by atoms with Gasteiger partial charge in [-0.3, -0.25) is 9.36 Å². The summed E-state index contributed by atoms with van der Waals surface area (Å²) >= 11 is 0. The second-order valence-electron chi connectivity index (χ2n) is 8.89. The van der Waals surface area contributed by atoms with E-state index in [9.17, 15) is 28.2 Å². The van der Waals surface area contributed by atoms with Crippen LogP contribution >= 0.6 is 0 Å². The molecule has 0 saturated carbocycles. The third kappa shape index (κ3) is 6.14. The van der Waals surface area contributed by atoms with E-state index in [0.717, 1.165) is 15.3 Å². The molecule has 2 heterocycles. The Bertz CT molecular complexity index is 1480. The van der Waals surface area contributed by atoms with Gasteiger partial charge in [0, 0.05) is 43.9 Å². The Balaban J connectivity index is 1.51. The highest BCUT2D eigenvalue weighted by Crippen LogP contribution is 2.36. The number of carboxylic acid groups (broad SMARTS) is 1. The highest BCUT2D eigenvalue weighted by molar-refractivity contribution is 7.89. The lowest BCUT2D eigenvalue weighted by atomic mass is 9.92. The summed E-state index contributed by atoms with van der Waals surface area (Å²) in [5.74, 6) is -1.68. The van der Waals surface area contributed by atoms with Crippen LogP contribution in [0.4, 0.5) is 0 Å². The molecule has 0 radical (unpaired) electrons. The summed E-state index contributed by atoms with van der Waals surface area (Å²) < 4.78 is 45.3. The van der Waals surface area contributed by atoms with Crippen molar-refractivity contribution in [3.8, 4) is 5.75 Å². The molecule has 4 rings (SSSR count). The molecular weight excluding hydrogens is 528 g/mol. The van der Waals surface area contributed by atoms with Crippen LogP contribution in [0.25, 0.3) is 10.9 Å². The van der Waals surface area contributed by atoms with E-state index >= 15 is 0 Å². The minimum atomic E-state index is -3.94. The van der Waals surface area contributed by atoms with Crippen LogP contribution in [0.1, 0.15) is 29.6 Å². The van der Waals surface area contributed by atoms with Gasteiger partial charge in [-0.15, -0.1) is 0 Å². The molecule has 2 atom stereocenters. The highest BCUT2D eigenvalue weighted by atomic mass is 32.2. The largest absolute Gasteiger partial charge is 0.497 e. The summed E-state index contributed by atoms with van der Waals surface area (Å²) in [5, 5.41) is 19.9. The molecular formula is C27H30N2O9S. The second kappa shape index (κ2) is 12.0. The summed E-state index contributed by atoms with van der Waals surface area (Å²) in [7, 11) is -2.47. The molecule has 11 nitrogen and oxygen atoms in total. The number of nitrogens with zero attached hydrogens (tertiary/aromatic N) is 2. The number of sulfonamides is 1. The molecule has 3 aromatic rings. The van der Waals surface area contributed by atoms with Crippen LogP contribution in [0.15, 0.2) is 71.5 Å². The van der Waals surface area contributed by atoms with Crippen molar-refractivity contribution in [2.45, 2.75) is 30.4 Å². The zero-order chi connectivity index (χ0) is 28.2. The normalized spacial score (nSPS) is 17.6. The van der Waals surface area contributed by atoms with Crippen molar-refractivity contribution < 1.29 is 42.4 Å². The van der Waals surface area contributed by atoms with E-state index in [1.165, 1.54) is 48.9 Å². The van der Waals surface area contributed by atoms with Crippen LogP contribution in [0.5, 0.6) is 5.75 Å². The SMILES string of the molecule is COc1ccc(S(=O)(=O)N(CCO)CCOC2CC(c3cn(C(C)=O)c4ccccc34)C=C(C(=O)O)O2)cc1. The smallest absolute Gasteiger partial charge is 0.370 e. The van der Waals surface area contributed by atoms with Crippen molar-refractivity contribution in [1.29, 1.82) is 0 Å². The van der Waals surface area contributed by atoms with Gasteiger partial charge in [0.15, 0.2) is 0 Å². The summed E-state index contributed by atoms with van der Waals surface area (Å²) in [6.45, 7) is 0.674. The first-order chi connectivity index (χ1) is 18.6. The Morgan fingerprint density at radius 2 is 1.85 bits per heavy atom. The van der Waals surface area contributed by atoms with Crippen LogP contribution in [0.3, 0.4) is 0 Å². The van der Waals surface area contributed by atoms with Gasteiger partial charge >= 0.3 is 5.97 Å². The Hall–Kier alpha value is -3.71. The third-order valence-corrected chi connectivity index (χ3v) is 8.35. The maximum Gasteiger partial charge on any atom is 0.370 e. The van der Waals surface area contributed by atoms with Crippen molar-refractivity contribution in [1.82, 2.24) is 8.87 Å². The van der Waals surface area contributed by atoms with Crippen molar-refractivity contribution in [3.63, 3.8) is 0 Å². The monoisotopic (exact) mass is 558 g/mol. The number of carboxylic acids is 1. The van der Waals surface area contributed by atoms with Crippen LogP contribution in [0.2, 0.25) is 0 Å². The predicted octanol–water partition coefficient (Wildman–Crippen LogP) is 2.81. The number of fused-ring (bicyclic) bond motifs is 1. The lowest BCUT2D eigenvalue weighted by molar-refractivity contribution is -0.157. The zero-order valence-corrected chi connectivity index (χ0v) is 22.3. The quantitative estimate of drug-likeness (QED) is 0.363. The van der Waals surface area contributed by atoms with Gasteiger partial charge < -0.3 is 24.4 Å². The van der Waals surface area contributed by atoms with Gasteiger partial charge in [-0.05, 0) is 42.0 Å². The first-order valence-electron chi connectivity index (χ1n) is 12.2. The second-order valence-corrected chi connectivity index (χ2v) is 10.8. The average Bonchev–Trinajstić information content (AvgIpc) is 3.32. The summed E-state index contributed by atoms with van der Waals surface area (Å²) in [6.07, 6.45) is 2.44. The van der Waals surface area contributed by atoms with E-state index in [-0.39, 0.29) is 42.7 Å². The molecule has 2 N–H and O–H groups in total. The molecule has 1 aromatic heterocycles. The number of ether oxygens (including phenoxy) is 3. The third-order valence-electron chi connectivity index (χ3n) is 6.44. The molecule has 0 fully saturated rings. The Kier molecular flexibility index (Phi) is 8.70. The predicted molar refractivity (Wildman–Crippen MR) is 141 cm³/mol. The fourth-order valence-corrected chi connectivity index (χ4v) is 5.95. The number of allylic oxidation sites excluding steroid dienone is 1. The minimum Gasteiger partial charge on any atom is -0.497 e. The highest BCUT2D eigenvalue weighted by Gasteiger charge is 2.31. The molecule has 0 saturated heterocycles. The van der Waals surface area contributed by atoms with Gasteiger partial charge in [0.25, 0.3) is 0 Å². The molecule has 0 spiro atoms. The van der Waals surface area contributed by atoms with Crippen LogP contribution in [0, 0.1) is 0 Å². The van der Waals surface area contributed by atoms with Crippen LogP contribution < -0.4 is 4.74 Å². The van der Waals surface area contributed by atoms with E-state index in [4.69, 9.17) is 14.2 Å². The Morgan fingerprint density at radius 3 is 2.49 bits per heavy atom. The summed E-state index contributed by atoms with van der Waals surface area (Å²) in [5.41, 5.74) is 1.46. The number of carbonyl (C=O) groups excluding carboxylic acids is 1. The maximum absolute atomic E-state index is 13.1. The van der Waals surface area contributed by atoms with Crippen LogP contribution in [-0.4, -0.2) is 79.1 Å². The zero-order valence-electron chi connectivity index (χ0n) is 21.5. The van der Waals surface area contributed by atoms with E-state index < -0.39 is 34.8 Å². The van der Waals surface area contributed by atoms with Gasteiger partial charge in [0.2, 0.25) is 28.0 Å². The van der Waals surface area contributed by atoms with Gasteiger partial charge in [-0.2, -0.15) is 4.31 Å². The van der Waals surface area contributed by atoms with Crippen molar-refractivity contribution in [2.24, 2.45) is 0 Å². The molecule has 39 heavy (non-hydrogen) atoms. The first-order valence-corrected chi connectivity index (χ1v) is 13.7. The number of aliphatic hydroxyl groups excluding tert-OH is 1. The number of hydrogen-bond acceptors (Lipinski definition) is 8. The first kappa shape index (κ1) is 28.3. The van der Waals surface area contributed by atoms with E-state index in [2.05, 4.69) is 0 Å². The van der Waals surface area contributed by atoms with E-state index in [1.807, 2.05) is 24.3 Å². The standard InChI is InChI=1S/C27H30N2O9S/c1-18(31)29-17-23(22-5-3-4-6-24(22)29)19-15-25(27(32)33)38-26(16-19)37-14-12-28(11-13-30)39(34,35)21-9-7-20(36-2)8-10-21/h3-10,15,17,19,26,30H,11-14,16H2,1-2H3,(H,32,33). The summed E-state index contributed by atoms with van der Waals surface area (Å²) in [6, 6.07) is 13.2. The number of hydrogen-bond donors (Lipinski definition) is 2. The van der Waals surface area contributed by atoms with Gasteiger partial charge in [0.1, 0.15) is 5.75 Å². The lowest BCUT2D eigenvalue weighted by Gasteiger charge is -2.29. The summed E-state index contributed by atoms with van der Waals surface area (Å²) in [4.78, 5) is 24.0. The Morgan fingerprint density at radius 1 is 1.13 bits per heavy atom. The number of aliphatic carboxylic acids is 1. The van der Waals surface area contributed by atoms with Crippen LogP contribution in [-0.2, 0) is 24.3 Å². The Labute approximate surface area is 225 Å². The maximum atomic E-state index is 13.1. The molecule has 1 aliphatic rings. The molecule has 0 amide bonds. The van der Waals surface area contributed by atoms with Gasteiger partial charge in [0.05, 0.1) is 30.7 Å². The molecule has 12 heteroatoms. The van der Waals surface area contributed by atoms with E-state index in [1.54, 1.807) is 6.20 Å². The lowest BCUT2D eigenvalue weighted by Crippen LogP contribution is -2.37. The molecule has 2 unspecified atom stereocenters. The number of aromatic nitrogens is 1. The number of aliphatic hydroxyl groups is 1. The van der Waals surface area contributed by atoms with Crippen molar-refractivity contribution in [2.75, 3.05) is 33.4 Å². The number of methoxy groups -OCH3 is 1. The van der Waals surface area contributed by atoms with E-state index in [0.29, 0.717) is 11.3 Å². The van der Waals surface area contributed by atoms with Gasteiger partial charge in [-0.25, -0.2) is 13.2 Å². The molecule has 1 aliphatic heterocycles. The topological polar surface area (TPSA) is 145 Å². The number of carbonyl (C=O) groups is 2. The van der Waals surface area contributed by atoms with Gasteiger partial charge in [-0.1, -0.05) is 18.2 Å². The molecule has 208 valence electrons. The molecule has 0 bridgehead atoms. The van der Waals surface area contributed by atoms with Crippen molar-refractivity contribution >= 4 is 32.8 Å². The molecule has 2 aromatic carbocycles. The number of rotatable bonds is 11. The fraction of sp³-hybridized carbons (Fsp3) is 0.333. The fourth-order valence-electron chi connectivity index (χ4n) is 4.54. The van der Waals surface area contributed by atoms with Crippen molar-refractivity contribution in [3.05, 3.63) is 72.1 Å². The number of benzene rings is 2. The minimum absolute atomic E-state index is 0.0312. The molecule has 0 aliphatic carbocycles.